The van der Waals surface area contributed by atoms with E-state index in [4.69, 9.17) is 10.9 Å². The van der Waals surface area contributed by atoms with Crippen molar-refractivity contribution < 1.29 is 10.1 Å². The first-order valence-electron chi connectivity index (χ1n) is 3.36. The molecular formula is C7H7N3O3. The molecule has 0 aliphatic heterocycles. The third-order valence-electron chi connectivity index (χ3n) is 1.38. The Hall–Kier alpha value is -2.11. The molecule has 0 unspecified atom stereocenters. The summed E-state index contributed by atoms with van der Waals surface area (Å²) in [5.41, 5.74) is 5.89. The van der Waals surface area contributed by atoms with Gasteiger partial charge in [-0.25, -0.2) is 0 Å². The van der Waals surface area contributed by atoms with E-state index >= 15 is 0 Å². The van der Waals surface area contributed by atoms with Crippen molar-refractivity contribution in [1.82, 2.24) is 0 Å². The number of nitrogens with zero attached hydrogens (tertiary/aromatic N) is 2. The van der Waals surface area contributed by atoms with Crippen molar-refractivity contribution in [1.29, 1.82) is 0 Å². The lowest BCUT2D eigenvalue weighted by atomic mass is 10.2. The minimum absolute atomic E-state index is 0.130. The Morgan fingerprint density at radius 3 is 2.77 bits per heavy atom. The number of hydrogen-bond acceptors (Lipinski definition) is 5. The molecule has 0 heterocycles. The maximum atomic E-state index is 10.4. The Morgan fingerprint density at radius 1 is 1.54 bits per heavy atom. The zero-order chi connectivity index (χ0) is 9.84. The minimum Gasteiger partial charge on any atom is -0.411 e. The van der Waals surface area contributed by atoms with Crippen LogP contribution in [0.2, 0.25) is 0 Å². The summed E-state index contributed by atoms with van der Waals surface area (Å²) in [6.07, 6.45) is 1.07. The van der Waals surface area contributed by atoms with Crippen LogP contribution in [-0.4, -0.2) is 16.3 Å². The molecule has 6 nitrogen and oxygen atoms in total. The van der Waals surface area contributed by atoms with Crippen LogP contribution in [0.4, 0.5) is 11.4 Å². The molecular weight excluding hydrogens is 174 g/mol. The number of nitrogens with two attached hydrogens (primary N) is 1. The van der Waals surface area contributed by atoms with Crippen molar-refractivity contribution >= 4 is 17.6 Å². The van der Waals surface area contributed by atoms with Gasteiger partial charge in [-0.05, 0) is 6.07 Å². The van der Waals surface area contributed by atoms with Crippen molar-refractivity contribution in [3.63, 3.8) is 0 Å². The van der Waals surface area contributed by atoms with Crippen LogP contribution >= 0.6 is 0 Å². The van der Waals surface area contributed by atoms with E-state index in [0.29, 0.717) is 5.56 Å². The number of nitro groups is 1. The van der Waals surface area contributed by atoms with Gasteiger partial charge in [0, 0.05) is 23.4 Å². The summed E-state index contributed by atoms with van der Waals surface area (Å²) >= 11 is 0. The topological polar surface area (TPSA) is 102 Å². The zero-order valence-electron chi connectivity index (χ0n) is 6.54. The molecule has 0 spiro atoms. The molecule has 6 heteroatoms. The third-order valence-corrected chi connectivity index (χ3v) is 1.38. The summed E-state index contributed by atoms with van der Waals surface area (Å²) in [7, 11) is 0. The third kappa shape index (κ3) is 2.16. The highest BCUT2D eigenvalue weighted by Gasteiger charge is 2.06. The average molecular weight is 181 g/mol. The van der Waals surface area contributed by atoms with Gasteiger partial charge in [0.2, 0.25) is 0 Å². The predicted molar refractivity (Wildman–Crippen MR) is 46.9 cm³/mol. The first-order valence-corrected chi connectivity index (χ1v) is 3.36. The molecule has 1 aromatic rings. The molecule has 0 saturated heterocycles. The van der Waals surface area contributed by atoms with Crippen LogP contribution in [0.5, 0.6) is 0 Å². The number of anilines is 1. The summed E-state index contributed by atoms with van der Waals surface area (Å²) in [6.45, 7) is 0. The zero-order valence-corrected chi connectivity index (χ0v) is 6.54. The van der Waals surface area contributed by atoms with Crippen LogP contribution in [0.1, 0.15) is 5.56 Å². The summed E-state index contributed by atoms with van der Waals surface area (Å²) in [5, 5.41) is 21.3. The summed E-state index contributed by atoms with van der Waals surface area (Å²) in [6, 6.07) is 3.96. The van der Waals surface area contributed by atoms with Crippen molar-refractivity contribution in [2.45, 2.75) is 0 Å². The van der Waals surface area contributed by atoms with Gasteiger partial charge >= 0.3 is 0 Å². The first kappa shape index (κ1) is 8.98. The first-order chi connectivity index (χ1) is 6.13. The Balaban J connectivity index is 3.18. The van der Waals surface area contributed by atoms with E-state index in [0.717, 1.165) is 6.21 Å². The fourth-order valence-corrected chi connectivity index (χ4v) is 0.906. The van der Waals surface area contributed by atoms with Gasteiger partial charge in [-0.2, -0.15) is 0 Å². The van der Waals surface area contributed by atoms with Gasteiger partial charge in [0.1, 0.15) is 0 Å². The molecule has 1 aromatic carbocycles. The van der Waals surface area contributed by atoms with Crippen molar-refractivity contribution in [2.75, 3.05) is 5.73 Å². The normalized spacial score (nSPS) is 10.5. The Labute approximate surface area is 73.4 Å². The Bertz CT molecular complexity index is 362. The summed E-state index contributed by atoms with van der Waals surface area (Å²) < 4.78 is 0. The molecule has 3 N–H and O–H groups in total. The molecule has 0 radical (unpaired) electrons. The van der Waals surface area contributed by atoms with Gasteiger partial charge < -0.3 is 10.9 Å². The molecule has 1 rings (SSSR count). The van der Waals surface area contributed by atoms with Crippen molar-refractivity contribution in [3.05, 3.63) is 33.9 Å². The standard InChI is InChI=1S/C7H7N3O3/c8-6-1-5(4-9-11)2-7(3-6)10(12)13/h1-4,11H,8H2. The number of nitrogen functional groups attached to an aromatic ring is 1. The fourth-order valence-electron chi connectivity index (χ4n) is 0.906. The van der Waals surface area contributed by atoms with Gasteiger partial charge in [0.15, 0.2) is 0 Å². The van der Waals surface area contributed by atoms with E-state index in [-0.39, 0.29) is 11.4 Å². The number of benzene rings is 1. The van der Waals surface area contributed by atoms with E-state index in [9.17, 15) is 10.1 Å². The maximum absolute atomic E-state index is 10.4. The number of hydrogen-bond donors (Lipinski definition) is 2. The molecule has 13 heavy (non-hydrogen) atoms. The van der Waals surface area contributed by atoms with Gasteiger partial charge in [0.05, 0.1) is 11.1 Å². The van der Waals surface area contributed by atoms with Crippen LogP contribution in [0.3, 0.4) is 0 Å². The summed E-state index contributed by atoms with van der Waals surface area (Å²) in [4.78, 5) is 9.79. The Morgan fingerprint density at radius 2 is 2.23 bits per heavy atom. The van der Waals surface area contributed by atoms with Crippen LogP contribution in [0.15, 0.2) is 23.4 Å². The molecule has 0 bridgehead atoms. The van der Waals surface area contributed by atoms with E-state index in [2.05, 4.69) is 5.16 Å². The van der Waals surface area contributed by atoms with E-state index in [1.54, 1.807) is 0 Å². The lowest BCUT2D eigenvalue weighted by molar-refractivity contribution is -0.384. The van der Waals surface area contributed by atoms with E-state index < -0.39 is 4.92 Å². The van der Waals surface area contributed by atoms with Gasteiger partial charge in [-0.15, -0.1) is 0 Å². The monoisotopic (exact) mass is 181 g/mol. The Kier molecular flexibility index (Phi) is 2.44. The second kappa shape index (κ2) is 3.53. The SMILES string of the molecule is Nc1cc(C=NO)cc([N+](=O)[O-])c1. The molecule has 0 saturated carbocycles. The summed E-state index contributed by atoms with van der Waals surface area (Å²) in [5.74, 6) is 0. The van der Waals surface area contributed by atoms with Gasteiger partial charge in [-0.3, -0.25) is 10.1 Å². The molecule has 0 atom stereocenters. The molecule has 0 aromatic heterocycles. The van der Waals surface area contributed by atoms with Gasteiger partial charge in [0.25, 0.3) is 5.69 Å². The van der Waals surface area contributed by atoms with Crippen LogP contribution in [-0.2, 0) is 0 Å². The van der Waals surface area contributed by atoms with E-state index in [1.165, 1.54) is 18.2 Å². The van der Waals surface area contributed by atoms with E-state index in [1.807, 2.05) is 0 Å². The highest BCUT2D eigenvalue weighted by molar-refractivity contribution is 5.82. The largest absolute Gasteiger partial charge is 0.411 e. The van der Waals surface area contributed by atoms with Gasteiger partial charge in [-0.1, -0.05) is 5.16 Å². The number of oxime groups is 1. The minimum atomic E-state index is -0.564. The quantitative estimate of drug-likeness (QED) is 0.233. The second-order valence-corrected chi connectivity index (χ2v) is 2.36. The molecule has 0 aliphatic rings. The predicted octanol–water partition coefficient (Wildman–Crippen LogP) is 0.985. The van der Waals surface area contributed by atoms with Crippen molar-refractivity contribution in [2.24, 2.45) is 5.16 Å². The van der Waals surface area contributed by atoms with Crippen LogP contribution < -0.4 is 5.73 Å². The van der Waals surface area contributed by atoms with Crippen LogP contribution in [0.25, 0.3) is 0 Å². The lowest BCUT2D eigenvalue weighted by Gasteiger charge is -1.96. The lowest BCUT2D eigenvalue weighted by Crippen LogP contribution is -1.94. The number of non-ortho nitro benzene ring substituents is 1. The smallest absolute Gasteiger partial charge is 0.272 e. The fraction of sp³-hybridized carbons (Fsp3) is 0. The highest BCUT2D eigenvalue weighted by Crippen LogP contribution is 2.17. The van der Waals surface area contributed by atoms with Crippen molar-refractivity contribution in [3.8, 4) is 0 Å². The number of nitro benzene ring substituents is 1. The molecule has 0 fully saturated rings. The highest BCUT2D eigenvalue weighted by atomic mass is 16.6. The van der Waals surface area contributed by atoms with Crippen LogP contribution in [0, 0.1) is 10.1 Å². The average Bonchev–Trinajstić information content (AvgIpc) is 2.03. The molecule has 68 valence electrons. The second-order valence-electron chi connectivity index (χ2n) is 2.36. The number of rotatable bonds is 2. The molecule has 0 aliphatic carbocycles. The molecule has 0 amide bonds. The maximum Gasteiger partial charge on any atom is 0.272 e.